The lowest BCUT2D eigenvalue weighted by atomic mass is 10.1. The van der Waals surface area contributed by atoms with Gasteiger partial charge in [-0.2, -0.15) is 0 Å². The Morgan fingerprint density at radius 2 is 2.00 bits per heavy atom. The highest BCUT2D eigenvalue weighted by molar-refractivity contribution is 7.99. The Kier molecular flexibility index (Phi) is 6.07. The van der Waals surface area contributed by atoms with Crippen LogP contribution in [0.1, 0.15) is 45.9 Å². The second kappa shape index (κ2) is 8.52. The largest absolute Gasteiger partial charge is 0.462 e. The van der Waals surface area contributed by atoms with Crippen molar-refractivity contribution in [1.29, 1.82) is 0 Å². The monoisotopic (exact) mass is 415 g/mol. The molecule has 0 fully saturated rings. The van der Waals surface area contributed by atoms with Crippen molar-refractivity contribution in [3.05, 3.63) is 40.6 Å². The zero-order valence-electron chi connectivity index (χ0n) is 16.5. The molecule has 8 nitrogen and oxygen atoms in total. The molecule has 0 saturated carbocycles. The molecule has 0 saturated heterocycles. The maximum atomic E-state index is 12.4. The van der Waals surface area contributed by atoms with Crippen LogP contribution < -0.4 is 5.32 Å². The highest BCUT2D eigenvalue weighted by atomic mass is 32.2. The van der Waals surface area contributed by atoms with Crippen molar-refractivity contribution < 1.29 is 23.5 Å². The van der Waals surface area contributed by atoms with Crippen LogP contribution >= 0.6 is 11.8 Å². The van der Waals surface area contributed by atoms with E-state index in [1.807, 2.05) is 25.1 Å². The number of imidazole rings is 1. The lowest BCUT2D eigenvalue weighted by Gasteiger charge is -2.05. The van der Waals surface area contributed by atoms with Crippen molar-refractivity contribution >= 4 is 46.3 Å². The second-order valence-electron chi connectivity index (χ2n) is 6.41. The molecule has 0 bridgehead atoms. The van der Waals surface area contributed by atoms with Crippen LogP contribution in [0.15, 0.2) is 27.8 Å². The molecule has 152 valence electrons. The van der Waals surface area contributed by atoms with E-state index in [2.05, 4.69) is 15.3 Å². The predicted molar refractivity (Wildman–Crippen MR) is 110 cm³/mol. The first-order valence-corrected chi connectivity index (χ1v) is 9.99. The van der Waals surface area contributed by atoms with Gasteiger partial charge < -0.3 is 14.1 Å². The summed E-state index contributed by atoms with van der Waals surface area (Å²) in [4.78, 5) is 44.2. The lowest BCUT2D eigenvalue weighted by Crippen LogP contribution is -2.17. The highest BCUT2D eigenvalue weighted by Crippen LogP contribution is 2.29. The number of carbonyl (C=O) groups is 3. The van der Waals surface area contributed by atoms with Crippen molar-refractivity contribution in [2.75, 3.05) is 17.7 Å². The van der Waals surface area contributed by atoms with E-state index in [1.165, 1.54) is 18.7 Å². The fourth-order valence-electron chi connectivity index (χ4n) is 2.92. The molecule has 0 aliphatic rings. The predicted octanol–water partition coefficient (Wildman–Crippen LogP) is 3.88. The number of carbonyl (C=O) groups excluding carboxylic acids is 3. The van der Waals surface area contributed by atoms with E-state index in [9.17, 15) is 14.4 Å². The minimum atomic E-state index is -0.717. The Hall–Kier alpha value is -3.07. The van der Waals surface area contributed by atoms with Crippen LogP contribution in [-0.2, 0) is 9.53 Å². The molecule has 3 rings (SSSR count). The number of thioether (sulfide) groups is 1. The van der Waals surface area contributed by atoms with Gasteiger partial charge >= 0.3 is 5.97 Å². The second-order valence-corrected chi connectivity index (χ2v) is 7.38. The fourth-order valence-corrected chi connectivity index (χ4v) is 3.60. The molecule has 2 N–H and O–H groups in total. The summed E-state index contributed by atoms with van der Waals surface area (Å²) in [5, 5.41) is 3.16. The molecule has 29 heavy (non-hydrogen) atoms. The molecule has 0 radical (unpaired) electrons. The SMILES string of the molecule is CCOC(=O)c1c(NC(=O)CSc2nc3ccc(C)cc3[nH]2)oc(C)c1C(C)=O. The van der Waals surface area contributed by atoms with Gasteiger partial charge in [-0.25, -0.2) is 9.78 Å². The summed E-state index contributed by atoms with van der Waals surface area (Å²) in [6, 6.07) is 5.85. The first-order valence-electron chi connectivity index (χ1n) is 9.00. The smallest absolute Gasteiger partial charge is 0.344 e. The fraction of sp³-hybridized carbons (Fsp3) is 0.300. The molecule has 0 unspecified atom stereocenters. The number of esters is 1. The van der Waals surface area contributed by atoms with Crippen LogP contribution in [-0.4, -0.2) is 40.0 Å². The van der Waals surface area contributed by atoms with E-state index in [4.69, 9.17) is 9.15 Å². The number of ether oxygens (including phenoxy) is 1. The highest BCUT2D eigenvalue weighted by Gasteiger charge is 2.28. The van der Waals surface area contributed by atoms with Gasteiger partial charge in [-0.05, 0) is 45.4 Å². The van der Waals surface area contributed by atoms with Crippen LogP contribution in [0, 0.1) is 13.8 Å². The molecule has 2 heterocycles. The number of anilines is 1. The van der Waals surface area contributed by atoms with Gasteiger partial charge in [-0.15, -0.1) is 0 Å². The van der Waals surface area contributed by atoms with Crippen LogP contribution in [0.2, 0.25) is 0 Å². The van der Waals surface area contributed by atoms with Gasteiger partial charge in [0.1, 0.15) is 11.3 Å². The first kappa shape index (κ1) is 20.7. The van der Waals surface area contributed by atoms with E-state index in [1.54, 1.807) is 13.8 Å². The Morgan fingerprint density at radius 1 is 1.24 bits per heavy atom. The lowest BCUT2D eigenvalue weighted by molar-refractivity contribution is -0.113. The molecule has 9 heteroatoms. The van der Waals surface area contributed by atoms with Crippen LogP contribution in [0.3, 0.4) is 0 Å². The number of rotatable bonds is 7. The minimum Gasteiger partial charge on any atom is -0.462 e. The summed E-state index contributed by atoms with van der Waals surface area (Å²) in [6.07, 6.45) is 0. The van der Waals surface area contributed by atoms with Crippen molar-refractivity contribution in [2.24, 2.45) is 0 Å². The van der Waals surface area contributed by atoms with Crippen molar-refractivity contribution in [2.45, 2.75) is 32.9 Å². The molecule has 1 aromatic carbocycles. The van der Waals surface area contributed by atoms with Gasteiger partial charge in [0.05, 0.1) is 29.0 Å². The number of hydrogen-bond acceptors (Lipinski definition) is 7. The van der Waals surface area contributed by atoms with Crippen molar-refractivity contribution in [1.82, 2.24) is 9.97 Å². The zero-order chi connectivity index (χ0) is 21.1. The number of Topliss-reactive ketones (excluding diaryl/α,β-unsaturated/α-hetero) is 1. The number of fused-ring (bicyclic) bond motifs is 1. The molecule has 0 aliphatic carbocycles. The van der Waals surface area contributed by atoms with Crippen LogP contribution in [0.4, 0.5) is 5.88 Å². The Labute approximate surface area is 171 Å². The van der Waals surface area contributed by atoms with Gasteiger partial charge in [0.15, 0.2) is 10.9 Å². The number of ketones is 1. The summed E-state index contributed by atoms with van der Waals surface area (Å²) in [5.41, 5.74) is 2.87. The Balaban J connectivity index is 1.75. The van der Waals surface area contributed by atoms with Crippen LogP contribution in [0.5, 0.6) is 0 Å². The number of furan rings is 1. The van der Waals surface area contributed by atoms with E-state index >= 15 is 0 Å². The normalized spacial score (nSPS) is 10.9. The molecule has 3 aromatic rings. The maximum absolute atomic E-state index is 12.4. The van der Waals surface area contributed by atoms with Gasteiger partial charge in [-0.1, -0.05) is 17.8 Å². The molecular formula is C20H21N3O5S. The number of amides is 1. The zero-order valence-corrected chi connectivity index (χ0v) is 17.4. The molecule has 0 atom stereocenters. The first-order chi connectivity index (χ1) is 13.8. The number of H-pyrrole nitrogens is 1. The molecule has 0 aliphatic heterocycles. The van der Waals surface area contributed by atoms with E-state index in [0.29, 0.717) is 5.16 Å². The average molecular weight is 415 g/mol. The van der Waals surface area contributed by atoms with Crippen molar-refractivity contribution in [3.8, 4) is 0 Å². The third-order valence-corrected chi connectivity index (χ3v) is 5.00. The minimum absolute atomic E-state index is 0.0379. The maximum Gasteiger partial charge on any atom is 0.344 e. The number of hydrogen-bond donors (Lipinski definition) is 2. The number of benzene rings is 1. The van der Waals surface area contributed by atoms with E-state index in [-0.39, 0.29) is 40.9 Å². The Morgan fingerprint density at radius 3 is 2.69 bits per heavy atom. The van der Waals surface area contributed by atoms with Gasteiger partial charge in [-0.3, -0.25) is 14.9 Å². The quantitative estimate of drug-likeness (QED) is 0.342. The molecule has 2 aromatic heterocycles. The summed E-state index contributed by atoms with van der Waals surface area (Å²) < 4.78 is 10.5. The average Bonchev–Trinajstić information content (AvgIpc) is 3.19. The van der Waals surface area contributed by atoms with Crippen molar-refractivity contribution in [3.63, 3.8) is 0 Å². The third kappa shape index (κ3) is 4.51. The Bertz CT molecular complexity index is 1100. The van der Waals surface area contributed by atoms with Crippen LogP contribution in [0.25, 0.3) is 11.0 Å². The van der Waals surface area contributed by atoms with E-state index < -0.39 is 11.9 Å². The molecule has 0 spiro atoms. The number of aromatic nitrogens is 2. The summed E-state index contributed by atoms with van der Waals surface area (Å²) in [5.74, 6) is -1.27. The molecule has 1 amide bonds. The number of aryl methyl sites for hydroxylation is 2. The number of aromatic amines is 1. The number of nitrogens with one attached hydrogen (secondary N) is 2. The summed E-state index contributed by atoms with van der Waals surface area (Å²) in [7, 11) is 0. The topological polar surface area (TPSA) is 114 Å². The van der Waals surface area contributed by atoms with Gasteiger partial charge in [0.2, 0.25) is 11.8 Å². The van der Waals surface area contributed by atoms with Gasteiger partial charge in [0, 0.05) is 0 Å². The van der Waals surface area contributed by atoms with E-state index in [0.717, 1.165) is 16.6 Å². The summed E-state index contributed by atoms with van der Waals surface area (Å²) >= 11 is 1.22. The van der Waals surface area contributed by atoms with Gasteiger partial charge in [0.25, 0.3) is 0 Å². The standard InChI is InChI=1S/C20H21N3O5S/c1-5-27-19(26)17-16(11(3)24)12(4)28-18(17)23-15(25)9-29-20-21-13-7-6-10(2)8-14(13)22-20/h6-8H,5,9H2,1-4H3,(H,21,22)(H,23,25). The third-order valence-electron chi connectivity index (χ3n) is 4.12. The number of nitrogens with zero attached hydrogens (tertiary/aromatic N) is 1. The molecular weight excluding hydrogens is 394 g/mol. The summed E-state index contributed by atoms with van der Waals surface area (Å²) in [6.45, 7) is 6.66.